The summed E-state index contributed by atoms with van der Waals surface area (Å²) in [5.74, 6) is 1.57. The topological polar surface area (TPSA) is 64.5 Å². The van der Waals surface area contributed by atoms with Gasteiger partial charge in [0.15, 0.2) is 10.4 Å². The van der Waals surface area contributed by atoms with E-state index in [-0.39, 0.29) is 6.10 Å². The van der Waals surface area contributed by atoms with Crippen LogP contribution in [0.5, 0.6) is 0 Å². The standard InChI is InChI=1S/C12H14BrN3O3/c1-8-6-16(4-5-17-8)7-11-14-15-12(19-11)9-2-3-10(13)18-9/h2-3,8H,4-7H2,1H3/t8-/m0/s1. The summed E-state index contributed by atoms with van der Waals surface area (Å²) in [5.41, 5.74) is 0. The zero-order chi connectivity index (χ0) is 13.2. The first kappa shape index (κ1) is 12.8. The maximum absolute atomic E-state index is 5.60. The molecule has 7 heteroatoms. The first-order valence-electron chi connectivity index (χ1n) is 6.13. The quantitative estimate of drug-likeness (QED) is 0.861. The van der Waals surface area contributed by atoms with Crippen molar-refractivity contribution in [1.29, 1.82) is 0 Å². The van der Waals surface area contributed by atoms with Gasteiger partial charge in [0, 0.05) is 13.1 Å². The largest absolute Gasteiger partial charge is 0.444 e. The molecule has 2 aromatic heterocycles. The fourth-order valence-electron chi connectivity index (χ4n) is 2.07. The molecule has 0 spiro atoms. The highest BCUT2D eigenvalue weighted by molar-refractivity contribution is 9.10. The van der Waals surface area contributed by atoms with Gasteiger partial charge in [0.05, 0.1) is 19.3 Å². The van der Waals surface area contributed by atoms with Gasteiger partial charge in [-0.3, -0.25) is 4.90 Å². The molecule has 0 radical (unpaired) electrons. The van der Waals surface area contributed by atoms with Crippen LogP contribution in [0.2, 0.25) is 0 Å². The fraction of sp³-hybridized carbons (Fsp3) is 0.500. The third-order valence-electron chi connectivity index (χ3n) is 2.93. The Morgan fingerprint density at radius 2 is 2.26 bits per heavy atom. The molecule has 0 unspecified atom stereocenters. The van der Waals surface area contributed by atoms with Crippen molar-refractivity contribution < 1.29 is 13.6 Å². The van der Waals surface area contributed by atoms with Gasteiger partial charge in [0.2, 0.25) is 5.89 Å². The van der Waals surface area contributed by atoms with Crippen molar-refractivity contribution in [3.05, 3.63) is 22.7 Å². The SMILES string of the molecule is C[C@H]1CN(Cc2nnc(-c3ccc(Br)o3)o2)CCO1. The maximum atomic E-state index is 5.60. The number of aromatic nitrogens is 2. The number of hydrogen-bond donors (Lipinski definition) is 0. The van der Waals surface area contributed by atoms with Crippen molar-refractivity contribution in [1.82, 2.24) is 15.1 Å². The smallest absolute Gasteiger partial charge is 0.283 e. The molecule has 6 nitrogen and oxygen atoms in total. The van der Waals surface area contributed by atoms with Crippen LogP contribution in [0.25, 0.3) is 11.7 Å². The molecule has 1 saturated heterocycles. The molecule has 3 heterocycles. The van der Waals surface area contributed by atoms with Gasteiger partial charge in [0.1, 0.15) is 0 Å². The van der Waals surface area contributed by atoms with Crippen LogP contribution in [0.1, 0.15) is 12.8 Å². The summed E-state index contributed by atoms with van der Waals surface area (Å²) in [5, 5.41) is 8.04. The number of halogens is 1. The molecule has 0 N–H and O–H groups in total. The molecule has 102 valence electrons. The number of hydrogen-bond acceptors (Lipinski definition) is 6. The first-order valence-corrected chi connectivity index (χ1v) is 6.92. The summed E-state index contributed by atoms with van der Waals surface area (Å²) in [6.45, 7) is 5.21. The van der Waals surface area contributed by atoms with Crippen molar-refractivity contribution in [2.45, 2.75) is 19.6 Å². The molecular formula is C12H14BrN3O3. The third-order valence-corrected chi connectivity index (χ3v) is 3.36. The van der Waals surface area contributed by atoms with E-state index in [0.717, 1.165) is 19.7 Å². The number of ether oxygens (including phenoxy) is 1. The Hall–Kier alpha value is -1.18. The van der Waals surface area contributed by atoms with Crippen LogP contribution in [0.3, 0.4) is 0 Å². The Morgan fingerprint density at radius 3 is 3.00 bits per heavy atom. The lowest BCUT2D eigenvalue weighted by Crippen LogP contribution is -2.40. The molecule has 0 amide bonds. The summed E-state index contributed by atoms with van der Waals surface area (Å²) < 4.78 is 17.1. The molecular weight excluding hydrogens is 314 g/mol. The van der Waals surface area contributed by atoms with Gasteiger partial charge in [-0.25, -0.2) is 0 Å². The highest BCUT2D eigenvalue weighted by Crippen LogP contribution is 2.24. The predicted octanol–water partition coefficient (Wildman–Crippen LogP) is 2.31. The number of furan rings is 1. The van der Waals surface area contributed by atoms with Crippen molar-refractivity contribution in [2.75, 3.05) is 19.7 Å². The van der Waals surface area contributed by atoms with Crippen LogP contribution < -0.4 is 0 Å². The van der Waals surface area contributed by atoms with E-state index in [0.29, 0.717) is 28.8 Å². The van der Waals surface area contributed by atoms with Crippen molar-refractivity contribution in [3.63, 3.8) is 0 Å². The van der Waals surface area contributed by atoms with Crippen LogP contribution >= 0.6 is 15.9 Å². The summed E-state index contributed by atoms with van der Waals surface area (Å²) in [6, 6.07) is 3.58. The minimum Gasteiger partial charge on any atom is -0.444 e. The highest BCUT2D eigenvalue weighted by atomic mass is 79.9. The average Bonchev–Trinajstić information content (AvgIpc) is 2.98. The van der Waals surface area contributed by atoms with Crippen LogP contribution in [0.4, 0.5) is 0 Å². The van der Waals surface area contributed by atoms with Crippen LogP contribution in [-0.2, 0) is 11.3 Å². The highest BCUT2D eigenvalue weighted by Gasteiger charge is 2.20. The van der Waals surface area contributed by atoms with Gasteiger partial charge >= 0.3 is 0 Å². The zero-order valence-corrected chi connectivity index (χ0v) is 12.1. The zero-order valence-electron chi connectivity index (χ0n) is 10.5. The predicted molar refractivity (Wildman–Crippen MR) is 70.4 cm³/mol. The summed E-state index contributed by atoms with van der Waals surface area (Å²) in [4.78, 5) is 2.24. The van der Waals surface area contributed by atoms with Crippen molar-refractivity contribution in [3.8, 4) is 11.7 Å². The molecule has 1 atom stereocenters. The lowest BCUT2D eigenvalue weighted by molar-refractivity contribution is -0.0235. The number of morpholine rings is 1. The Balaban J connectivity index is 1.68. The Labute approximate surface area is 118 Å². The molecule has 0 bridgehead atoms. The summed E-state index contributed by atoms with van der Waals surface area (Å²) >= 11 is 3.24. The van der Waals surface area contributed by atoms with E-state index in [1.165, 1.54) is 0 Å². The van der Waals surface area contributed by atoms with E-state index in [1.54, 1.807) is 12.1 Å². The van der Waals surface area contributed by atoms with Crippen molar-refractivity contribution >= 4 is 15.9 Å². The van der Waals surface area contributed by atoms with E-state index < -0.39 is 0 Å². The molecule has 0 aliphatic carbocycles. The van der Waals surface area contributed by atoms with Crippen LogP contribution in [0.15, 0.2) is 25.6 Å². The molecule has 3 rings (SSSR count). The van der Waals surface area contributed by atoms with Crippen molar-refractivity contribution in [2.24, 2.45) is 0 Å². The maximum Gasteiger partial charge on any atom is 0.283 e. The van der Waals surface area contributed by atoms with Gasteiger partial charge < -0.3 is 13.6 Å². The Morgan fingerprint density at radius 1 is 1.37 bits per heavy atom. The Bertz CT molecular complexity index is 554. The minimum atomic E-state index is 0.247. The molecule has 2 aromatic rings. The van der Waals surface area contributed by atoms with E-state index in [9.17, 15) is 0 Å². The number of rotatable bonds is 3. The molecule has 0 aromatic carbocycles. The van der Waals surface area contributed by atoms with Crippen LogP contribution in [0, 0.1) is 0 Å². The summed E-state index contributed by atoms with van der Waals surface area (Å²) in [6.07, 6.45) is 0.247. The molecule has 1 aliphatic rings. The van der Waals surface area contributed by atoms with Gasteiger partial charge in [-0.1, -0.05) is 0 Å². The molecule has 19 heavy (non-hydrogen) atoms. The van der Waals surface area contributed by atoms with E-state index in [2.05, 4.69) is 38.0 Å². The molecule has 0 saturated carbocycles. The lowest BCUT2D eigenvalue weighted by atomic mass is 10.3. The fourth-order valence-corrected chi connectivity index (χ4v) is 2.38. The monoisotopic (exact) mass is 327 g/mol. The van der Waals surface area contributed by atoms with Gasteiger partial charge in [-0.2, -0.15) is 0 Å². The second-order valence-electron chi connectivity index (χ2n) is 4.52. The number of nitrogens with zero attached hydrogens (tertiary/aromatic N) is 3. The van der Waals surface area contributed by atoms with Gasteiger partial charge in [0.25, 0.3) is 5.89 Å². The second-order valence-corrected chi connectivity index (χ2v) is 5.30. The second kappa shape index (κ2) is 5.44. The normalized spacial score (nSPS) is 20.8. The first-order chi connectivity index (χ1) is 9.20. The van der Waals surface area contributed by atoms with E-state index in [1.807, 2.05) is 0 Å². The van der Waals surface area contributed by atoms with Gasteiger partial charge in [-0.15, -0.1) is 10.2 Å². The minimum absolute atomic E-state index is 0.247. The summed E-state index contributed by atoms with van der Waals surface area (Å²) in [7, 11) is 0. The van der Waals surface area contributed by atoms with E-state index >= 15 is 0 Å². The molecule has 1 fully saturated rings. The average molecular weight is 328 g/mol. The lowest BCUT2D eigenvalue weighted by Gasteiger charge is -2.29. The van der Waals surface area contributed by atoms with Crippen LogP contribution in [-0.4, -0.2) is 40.9 Å². The molecule has 1 aliphatic heterocycles. The van der Waals surface area contributed by atoms with E-state index in [4.69, 9.17) is 13.6 Å². The van der Waals surface area contributed by atoms with Gasteiger partial charge in [-0.05, 0) is 35.0 Å². The Kier molecular flexibility index (Phi) is 3.67. The third kappa shape index (κ3) is 3.05.